The number of nitrogens with one attached hydrogen (secondary N) is 1. The average molecular weight is 406 g/mol. The van der Waals surface area contributed by atoms with E-state index in [0.717, 1.165) is 56.0 Å². The number of ether oxygens (including phenoxy) is 1. The van der Waals surface area contributed by atoms with E-state index in [4.69, 9.17) is 9.26 Å². The number of piperidine rings is 1. The van der Waals surface area contributed by atoms with E-state index in [0.29, 0.717) is 23.3 Å². The number of hydrogen-bond donors (Lipinski definition) is 1. The van der Waals surface area contributed by atoms with Crippen LogP contribution in [0, 0.1) is 19.3 Å². The van der Waals surface area contributed by atoms with Crippen LogP contribution in [-0.4, -0.2) is 42.1 Å². The summed E-state index contributed by atoms with van der Waals surface area (Å²) < 4.78 is 11.1. The monoisotopic (exact) mass is 405 g/mol. The van der Waals surface area contributed by atoms with Crippen molar-refractivity contribution in [3.63, 3.8) is 0 Å². The number of likely N-dealkylation sites (tertiary alicyclic amines) is 1. The number of hydrogen-bond acceptors (Lipinski definition) is 5. The second kappa shape index (κ2) is 8.53. The molecule has 0 unspecified atom stereocenters. The Labute approximate surface area is 172 Å². The van der Waals surface area contributed by atoms with Crippen molar-refractivity contribution in [1.29, 1.82) is 0 Å². The number of halogens is 1. The Morgan fingerprint density at radius 1 is 1.29 bits per heavy atom. The fourth-order valence-corrected chi connectivity index (χ4v) is 4.17. The molecule has 1 amide bonds. The third-order valence-corrected chi connectivity index (χ3v) is 6.09. The molecule has 6 nitrogen and oxygen atoms in total. The minimum Gasteiger partial charge on any atom is -0.489 e. The van der Waals surface area contributed by atoms with E-state index in [1.807, 2.05) is 43.0 Å². The molecular formula is C21H28ClN3O3. The van der Waals surface area contributed by atoms with Crippen LogP contribution in [0.3, 0.4) is 0 Å². The van der Waals surface area contributed by atoms with E-state index < -0.39 is 0 Å². The van der Waals surface area contributed by atoms with Gasteiger partial charge in [-0.3, -0.25) is 4.79 Å². The zero-order valence-electron chi connectivity index (χ0n) is 16.5. The van der Waals surface area contributed by atoms with Gasteiger partial charge in [0.25, 0.3) is 5.91 Å². The third-order valence-electron chi connectivity index (χ3n) is 6.09. The van der Waals surface area contributed by atoms with Gasteiger partial charge in [-0.15, -0.1) is 12.4 Å². The van der Waals surface area contributed by atoms with Gasteiger partial charge in [-0.2, -0.15) is 0 Å². The molecule has 7 heteroatoms. The third kappa shape index (κ3) is 4.18. The van der Waals surface area contributed by atoms with Gasteiger partial charge in [0.05, 0.1) is 11.3 Å². The Morgan fingerprint density at radius 2 is 2.07 bits per heavy atom. The van der Waals surface area contributed by atoms with Gasteiger partial charge in [-0.25, -0.2) is 0 Å². The summed E-state index contributed by atoms with van der Waals surface area (Å²) in [4.78, 5) is 14.9. The molecule has 3 heterocycles. The van der Waals surface area contributed by atoms with Gasteiger partial charge in [0.2, 0.25) is 0 Å². The molecule has 1 N–H and O–H groups in total. The largest absolute Gasteiger partial charge is 0.489 e. The molecule has 1 aromatic carbocycles. The molecule has 0 radical (unpaired) electrons. The van der Waals surface area contributed by atoms with Crippen LogP contribution in [-0.2, 0) is 6.61 Å². The molecule has 2 saturated heterocycles. The van der Waals surface area contributed by atoms with Crippen molar-refractivity contribution in [3.8, 4) is 5.75 Å². The maximum atomic E-state index is 12.9. The number of carbonyl (C=O) groups is 1. The van der Waals surface area contributed by atoms with Gasteiger partial charge in [0.15, 0.2) is 0 Å². The number of benzene rings is 1. The van der Waals surface area contributed by atoms with E-state index in [1.54, 1.807) is 0 Å². The Hall–Kier alpha value is -2.05. The highest BCUT2D eigenvalue weighted by molar-refractivity contribution is 5.94. The van der Waals surface area contributed by atoms with E-state index in [1.165, 1.54) is 6.42 Å². The van der Waals surface area contributed by atoms with Crippen molar-refractivity contribution in [2.75, 3.05) is 26.2 Å². The summed E-state index contributed by atoms with van der Waals surface area (Å²) in [5.41, 5.74) is 2.89. The van der Waals surface area contributed by atoms with Crippen LogP contribution in [0.25, 0.3) is 0 Å². The van der Waals surface area contributed by atoms with Gasteiger partial charge < -0.3 is 19.5 Å². The molecule has 2 aliphatic heterocycles. The SMILES string of the molecule is Cc1noc(C)c1COc1cccc(C(=O)N2CCC3(CCNC3)CC2)c1.Cl. The molecule has 1 aromatic heterocycles. The van der Waals surface area contributed by atoms with E-state index in [2.05, 4.69) is 10.5 Å². The molecule has 28 heavy (non-hydrogen) atoms. The minimum atomic E-state index is 0. The molecule has 2 aliphatic rings. The summed E-state index contributed by atoms with van der Waals surface area (Å²) in [5.74, 6) is 1.55. The summed E-state index contributed by atoms with van der Waals surface area (Å²) in [6.07, 6.45) is 3.42. The summed E-state index contributed by atoms with van der Waals surface area (Å²) in [5, 5.41) is 7.41. The van der Waals surface area contributed by atoms with Crippen molar-refractivity contribution in [3.05, 3.63) is 46.8 Å². The lowest BCUT2D eigenvalue weighted by atomic mass is 9.78. The first-order chi connectivity index (χ1) is 13.1. The van der Waals surface area contributed by atoms with E-state index >= 15 is 0 Å². The molecule has 0 saturated carbocycles. The second-order valence-corrected chi connectivity index (χ2v) is 7.84. The lowest BCUT2D eigenvalue weighted by molar-refractivity contribution is 0.0607. The number of aryl methyl sites for hydroxylation is 2. The predicted molar refractivity (Wildman–Crippen MR) is 109 cm³/mol. The van der Waals surface area contributed by atoms with E-state index in [9.17, 15) is 4.79 Å². The lowest BCUT2D eigenvalue weighted by Gasteiger charge is -2.38. The molecule has 0 atom stereocenters. The maximum Gasteiger partial charge on any atom is 0.253 e. The number of carbonyl (C=O) groups excluding carboxylic acids is 1. The first-order valence-electron chi connectivity index (χ1n) is 9.71. The molecule has 4 rings (SSSR count). The first-order valence-corrected chi connectivity index (χ1v) is 9.71. The maximum absolute atomic E-state index is 12.9. The number of amides is 1. The molecule has 0 bridgehead atoms. The fourth-order valence-electron chi connectivity index (χ4n) is 4.17. The standard InChI is InChI=1S/C21H27N3O3.ClH/c1-15-19(16(2)27-23-15)13-26-18-5-3-4-17(12-18)20(25)24-10-7-21(8-11-24)6-9-22-14-21;/h3-5,12,22H,6-11,13-14H2,1-2H3;1H. The molecule has 152 valence electrons. The normalized spacial score (nSPS) is 18.1. The Kier molecular flexibility index (Phi) is 6.30. The summed E-state index contributed by atoms with van der Waals surface area (Å²) in [6.45, 7) is 8.05. The van der Waals surface area contributed by atoms with Gasteiger partial charge in [-0.05, 0) is 63.3 Å². The lowest BCUT2D eigenvalue weighted by Crippen LogP contribution is -2.44. The first kappa shape index (κ1) is 20.7. The van der Waals surface area contributed by atoms with Crippen LogP contribution in [0.4, 0.5) is 0 Å². The van der Waals surface area contributed by atoms with Crippen LogP contribution in [0.1, 0.15) is 46.6 Å². The summed E-state index contributed by atoms with van der Waals surface area (Å²) >= 11 is 0. The highest BCUT2D eigenvalue weighted by Crippen LogP contribution is 2.37. The number of rotatable bonds is 4. The Bertz CT molecular complexity index is 801. The smallest absolute Gasteiger partial charge is 0.253 e. The van der Waals surface area contributed by atoms with Gasteiger partial charge >= 0.3 is 0 Å². The quantitative estimate of drug-likeness (QED) is 0.843. The van der Waals surface area contributed by atoms with Crippen LogP contribution in [0.15, 0.2) is 28.8 Å². The van der Waals surface area contributed by atoms with Crippen molar-refractivity contribution < 1.29 is 14.1 Å². The van der Waals surface area contributed by atoms with Crippen LogP contribution >= 0.6 is 12.4 Å². The molecular weight excluding hydrogens is 378 g/mol. The van der Waals surface area contributed by atoms with Gasteiger partial charge in [0.1, 0.15) is 18.1 Å². The Morgan fingerprint density at radius 3 is 2.71 bits per heavy atom. The van der Waals surface area contributed by atoms with Crippen LogP contribution in [0.5, 0.6) is 5.75 Å². The minimum absolute atomic E-state index is 0. The molecule has 2 aromatic rings. The Balaban J connectivity index is 0.00000225. The zero-order valence-corrected chi connectivity index (χ0v) is 17.3. The number of nitrogens with zero attached hydrogens (tertiary/aromatic N) is 2. The summed E-state index contributed by atoms with van der Waals surface area (Å²) in [6, 6.07) is 7.46. The summed E-state index contributed by atoms with van der Waals surface area (Å²) in [7, 11) is 0. The average Bonchev–Trinajstić information content (AvgIpc) is 3.27. The highest BCUT2D eigenvalue weighted by atomic mass is 35.5. The van der Waals surface area contributed by atoms with Crippen molar-refractivity contribution in [2.24, 2.45) is 5.41 Å². The topological polar surface area (TPSA) is 67.6 Å². The second-order valence-electron chi connectivity index (χ2n) is 7.84. The van der Waals surface area contributed by atoms with Crippen molar-refractivity contribution in [1.82, 2.24) is 15.4 Å². The predicted octanol–water partition coefficient (Wildman–Crippen LogP) is 3.51. The molecule has 0 aliphatic carbocycles. The van der Waals surface area contributed by atoms with Gasteiger partial charge in [0, 0.05) is 25.2 Å². The molecule has 2 fully saturated rings. The number of aromatic nitrogens is 1. The van der Waals surface area contributed by atoms with Crippen molar-refractivity contribution in [2.45, 2.75) is 39.7 Å². The van der Waals surface area contributed by atoms with E-state index in [-0.39, 0.29) is 18.3 Å². The van der Waals surface area contributed by atoms with Crippen LogP contribution in [0.2, 0.25) is 0 Å². The zero-order chi connectivity index (χ0) is 18.9. The molecule has 1 spiro atoms. The highest BCUT2D eigenvalue weighted by Gasteiger charge is 2.38. The van der Waals surface area contributed by atoms with Crippen LogP contribution < -0.4 is 10.1 Å². The fraction of sp³-hybridized carbons (Fsp3) is 0.524. The van der Waals surface area contributed by atoms with Gasteiger partial charge in [-0.1, -0.05) is 11.2 Å². The van der Waals surface area contributed by atoms with Crippen molar-refractivity contribution >= 4 is 18.3 Å².